The van der Waals surface area contributed by atoms with Gasteiger partial charge in [-0.05, 0) is 35.2 Å². The molecule has 0 spiro atoms. The second-order valence-corrected chi connectivity index (χ2v) is 8.18. The van der Waals surface area contributed by atoms with Gasteiger partial charge >= 0.3 is 6.18 Å². The molecule has 9 heteroatoms. The highest BCUT2D eigenvalue weighted by atomic mass is 35.5. The van der Waals surface area contributed by atoms with Gasteiger partial charge in [0.25, 0.3) is 5.91 Å². The first-order valence-electron chi connectivity index (χ1n) is 10.3. The lowest BCUT2D eigenvalue weighted by molar-refractivity contribution is -0.173. The van der Waals surface area contributed by atoms with Gasteiger partial charge in [0.1, 0.15) is 11.4 Å². The Balaban J connectivity index is 1.60. The lowest BCUT2D eigenvalue weighted by Gasteiger charge is -2.34. The number of halogens is 4. The van der Waals surface area contributed by atoms with E-state index in [2.05, 4.69) is 15.7 Å². The Morgan fingerprint density at radius 1 is 1.16 bits per heavy atom. The van der Waals surface area contributed by atoms with Crippen molar-refractivity contribution in [1.29, 1.82) is 0 Å². The summed E-state index contributed by atoms with van der Waals surface area (Å²) in [5.74, 6) is -0.437. The Bertz CT molecular complexity index is 1090. The number of carbonyl (C=O) groups is 1. The zero-order valence-corrected chi connectivity index (χ0v) is 18.0. The first kappa shape index (κ1) is 22.2. The molecule has 168 valence electrons. The smallest absolute Gasteiger partial charge is 0.363 e. The van der Waals surface area contributed by atoms with Gasteiger partial charge in [0.15, 0.2) is 6.04 Å². The van der Waals surface area contributed by atoms with Crippen LogP contribution >= 0.6 is 11.6 Å². The first-order valence-corrected chi connectivity index (χ1v) is 10.7. The van der Waals surface area contributed by atoms with Crippen molar-refractivity contribution in [2.75, 3.05) is 5.32 Å². The fraction of sp³-hybridized carbons (Fsp3) is 0.304. The summed E-state index contributed by atoms with van der Waals surface area (Å²) in [5.41, 5.74) is 2.72. The van der Waals surface area contributed by atoms with Crippen molar-refractivity contribution in [3.8, 4) is 0 Å². The van der Waals surface area contributed by atoms with Gasteiger partial charge < -0.3 is 10.6 Å². The van der Waals surface area contributed by atoms with E-state index in [1.807, 2.05) is 31.2 Å². The van der Waals surface area contributed by atoms with Crippen molar-refractivity contribution in [3.05, 3.63) is 82.0 Å². The molecule has 2 N–H and O–H groups in total. The Kier molecular flexibility index (Phi) is 6.15. The maximum Gasteiger partial charge on any atom is 0.410 e. The molecule has 1 aliphatic heterocycles. The van der Waals surface area contributed by atoms with Crippen molar-refractivity contribution in [1.82, 2.24) is 15.1 Å². The number of nitrogens with one attached hydrogen (secondary N) is 2. The van der Waals surface area contributed by atoms with E-state index in [0.717, 1.165) is 27.8 Å². The van der Waals surface area contributed by atoms with E-state index >= 15 is 0 Å². The summed E-state index contributed by atoms with van der Waals surface area (Å²) in [6.07, 6.45) is -2.69. The number of amides is 1. The number of benzene rings is 2. The predicted molar refractivity (Wildman–Crippen MR) is 117 cm³/mol. The average Bonchev–Trinajstić information content (AvgIpc) is 3.21. The lowest BCUT2D eigenvalue weighted by Crippen LogP contribution is -2.36. The topological polar surface area (TPSA) is 59.0 Å². The highest BCUT2D eigenvalue weighted by Crippen LogP contribution is 2.44. The van der Waals surface area contributed by atoms with Crippen LogP contribution < -0.4 is 10.6 Å². The third-order valence-electron chi connectivity index (χ3n) is 5.64. The minimum atomic E-state index is -4.50. The molecule has 0 bridgehead atoms. The molecule has 2 heterocycles. The molecule has 5 nitrogen and oxygen atoms in total. The molecule has 0 saturated carbocycles. The molecule has 1 amide bonds. The number of aromatic nitrogens is 2. The van der Waals surface area contributed by atoms with Crippen LogP contribution in [0.3, 0.4) is 0 Å². The lowest BCUT2D eigenvalue weighted by atomic mass is 9.95. The van der Waals surface area contributed by atoms with E-state index in [0.29, 0.717) is 5.02 Å². The summed E-state index contributed by atoms with van der Waals surface area (Å²) >= 11 is 5.87. The molecule has 1 aromatic heterocycles. The first-order chi connectivity index (χ1) is 15.3. The number of rotatable bonds is 5. The highest BCUT2D eigenvalue weighted by molar-refractivity contribution is 6.30. The molecule has 32 heavy (non-hydrogen) atoms. The summed E-state index contributed by atoms with van der Waals surface area (Å²) in [6.45, 7) is 2.23. The van der Waals surface area contributed by atoms with E-state index in [4.69, 9.17) is 11.6 Å². The molecule has 0 fully saturated rings. The van der Waals surface area contributed by atoms with Crippen molar-refractivity contribution in [2.45, 2.75) is 44.6 Å². The predicted octanol–water partition coefficient (Wildman–Crippen LogP) is 5.69. The summed E-state index contributed by atoms with van der Waals surface area (Å²) < 4.78 is 42.4. The molecule has 1 aliphatic rings. The summed E-state index contributed by atoms with van der Waals surface area (Å²) in [4.78, 5) is 12.8. The van der Waals surface area contributed by atoms with Crippen LogP contribution in [0.15, 0.2) is 54.7 Å². The second kappa shape index (κ2) is 8.86. The Morgan fingerprint density at radius 3 is 2.44 bits per heavy atom. The Morgan fingerprint density at radius 2 is 1.81 bits per heavy atom. The van der Waals surface area contributed by atoms with Crippen LogP contribution in [0.1, 0.15) is 52.5 Å². The van der Waals surface area contributed by atoms with E-state index in [1.165, 1.54) is 6.20 Å². The molecule has 2 atom stereocenters. The molecule has 3 aromatic rings. The SMILES string of the molecule is CCc1ccc([C@@H]2C[C@H](C(F)(F)F)n3ncc(C(=O)NCc4ccc(Cl)cc4)c3N2)cc1. The maximum absolute atomic E-state index is 13.8. The van der Waals surface area contributed by atoms with E-state index < -0.39 is 24.2 Å². The standard InChI is InChI=1S/C23H22ClF3N4O/c1-2-14-3-7-16(8-4-14)19-11-20(23(25,26)27)31-21(30-19)18(13-29-31)22(32)28-12-15-5-9-17(24)10-6-15/h3-10,13,19-20,30H,2,11-12H2,1H3,(H,28,32)/t19-,20+/m0/s1. The number of hydrogen-bond donors (Lipinski definition) is 2. The van der Waals surface area contributed by atoms with Gasteiger partial charge in [-0.25, -0.2) is 4.68 Å². The second-order valence-electron chi connectivity index (χ2n) is 7.75. The number of aryl methyl sites for hydroxylation is 1. The van der Waals surface area contributed by atoms with Gasteiger partial charge in [-0.15, -0.1) is 0 Å². The molecule has 0 aliphatic carbocycles. The summed E-state index contributed by atoms with van der Waals surface area (Å²) in [7, 11) is 0. The molecule has 0 saturated heterocycles. The van der Waals surface area contributed by atoms with Gasteiger partial charge in [-0.1, -0.05) is 54.9 Å². The minimum Gasteiger partial charge on any atom is -0.363 e. The number of carbonyl (C=O) groups excluding carboxylic acids is 1. The van der Waals surface area contributed by atoms with Gasteiger partial charge in [0.05, 0.1) is 12.2 Å². The summed E-state index contributed by atoms with van der Waals surface area (Å²) in [6, 6.07) is 12.0. The molecular formula is C23H22ClF3N4O. The molecule has 4 rings (SSSR count). The minimum absolute atomic E-state index is 0.0664. The number of hydrogen-bond acceptors (Lipinski definition) is 3. The summed E-state index contributed by atoms with van der Waals surface area (Å²) in [5, 5.41) is 10.3. The van der Waals surface area contributed by atoms with Crippen LogP contribution in [0.4, 0.5) is 19.0 Å². The normalized spacial score (nSPS) is 18.0. The number of fused-ring (bicyclic) bond motifs is 1. The Labute approximate surface area is 188 Å². The van der Waals surface area contributed by atoms with Crippen LogP contribution in [-0.4, -0.2) is 21.9 Å². The van der Waals surface area contributed by atoms with Gasteiger partial charge in [-0.3, -0.25) is 4.79 Å². The highest BCUT2D eigenvalue weighted by Gasteiger charge is 2.47. The van der Waals surface area contributed by atoms with Crippen molar-refractivity contribution in [2.24, 2.45) is 0 Å². The number of alkyl halides is 3. The van der Waals surface area contributed by atoms with Gasteiger partial charge in [-0.2, -0.15) is 18.3 Å². The third-order valence-corrected chi connectivity index (χ3v) is 5.89. The zero-order chi connectivity index (χ0) is 22.9. The zero-order valence-electron chi connectivity index (χ0n) is 17.3. The van der Waals surface area contributed by atoms with Crippen LogP contribution in [0, 0.1) is 0 Å². The van der Waals surface area contributed by atoms with Crippen LogP contribution in [0.25, 0.3) is 0 Å². The third kappa shape index (κ3) is 4.60. The van der Waals surface area contributed by atoms with Crippen molar-refractivity contribution in [3.63, 3.8) is 0 Å². The number of anilines is 1. The molecule has 2 aromatic carbocycles. The quantitative estimate of drug-likeness (QED) is 0.512. The largest absolute Gasteiger partial charge is 0.410 e. The molecular weight excluding hydrogens is 441 g/mol. The van der Waals surface area contributed by atoms with Crippen molar-refractivity contribution >= 4 is 23.3 Å². The van der Waals surface area contributed by atoms with E-state index in [1.54, 1.807) is 24.3 Å². The van der Waals surface area contributed by atoms with Gasteiger partial charge in [0, 0.05) is 18.0 Å². The van der Waals surface area contributed by atoms with E-state index in [-0.39, 0.29) is 24.3 Å². The maximum atomic E-state index is 13.8. The van der Waals surface area contributed by atoms with Crippen LogP contribution in [0.5, 0.6) is 0 Å². The fourth-order valence-corrected chi connectivity index (χ4v) is 3.94. The average molecular weight is 463 g/mol. The Hall–Kier alpha value is -3.00. The number of nitrogens with zero attached hydrogens (tertiary/aromatic N) is 2. The monoisotopic (exact) mass is 462 g/mol. The fourth-order valence-electron chi connectivity index (χ4n) is 3.81. The molecule has 0 unspecified atom stereocenters. The van der Waals surface area contributed by atoms with Crippen molar-refractivity contribution < 1.29 is 18.0 Å². The molecule has 0 radical (unpaired) electrons. The van der Waals surface area contributed by atoms with E-state index in [9.17, 15) is 18.0 Å². The van der Waals surface area contributed by atoms with Gasteiger partial charge in [0.2, 0.25) is 0 Å². The van der Waals surface area contributed by atoms with Crippen LogP contribution in [-0.2, 0) is 13.0 Å². The van der Waals surface area contributed by atoms with Crippen LogP contribution in [0.2, 0.25) is 5.02 Å².